The van der Waals surface area contributed by atoms with Crippen LogP contribution < -0.4 is 4.74 Å². The van der Waals surface area contributed by atoms with Gasteiger partial charge in [-0.3, -0.25) is 0 Å². The quantitative estimate of drug-likeness (QED) is 0.375. The van der Waals surface area contributed by atoms with Gasteiger partial charge in [-0.25, -0.2) is 4.98 Å². The fourth-order valence-corrected chi connectivity index (χ4v) is 1.79. The van der Waals surface area contributed by atoms with E-state index in [0.717, 1.165) is 24.3 Å². The predicted octanol–water partition coefficient (Wildman–Crippen LogP) is 2.55. The van der Waals surface area contributed by atoms with Crippen LogP contribution in [-0.4, -0.2) is 27.1 Å². The summed E-state index contributed by atoms with van der Waals surface area (Å²) in [6.07, 6.45) is 6.37. The second kappa shape index (κ2) is 6.58. The van der Waals surface area contributed by atoms with E-state index < -0.39 is 0 Å². The van der Waals surface area contributed by atoms with Gasteiger partial charge < -0.3 is 14.5 Å². The van der Waals surface area contributed by atoms with Crippen LogP contribution in [0.25, 0.3) is 0 Å². The van der Waals surface area contributed by atoms with E-state index in [-0.39, 0.29) is 0 Å². The lowest BCUT2D eigenvalue weighted by Crippen LogP contribution is -2.06. The van der Waals surface area contributed by atoms with E-state index in [2.05, 4.69) is 10.1 Å². The Bertz CT molecular complexity index is 535. The molecule has 5 heteroatoms. The zero-order valence-electron chi connectivity index (χ0n) is 10.9. The minimum atomic E-state index is 0.546. The highest BCUT2D eigenvalue weighted by Gasteiger charge is 2.06. The topological polar surface area (TPSA) is 59.6 Å². The van der Waals surface area contributed by atoms with Crippen molar-refractivity contribution in [1.29, 1.82) is 0 Å². The monoisotopic (exact) mass is 259 g/mol. The van der Waals surface area contributed by atoms with Crippen LogP contribution in [0.15, 0.2) is 48.1 Å². The van der Waals surface area contributed by atoms with Gasteiger partial charge in [0.2, 0.25) is 0 Å². The first-order valence-corrected chi connectivity index (χ1v) is 6.18. The van der Waals surface area contributed by atoms with Crippen LogP contribution in [0.1, 0.15) is 18.9 Å². The number of imidazole rings is 1. The molecule has 1 heterocycles. The zero-order chi connectivity index (χ0) is 13.5. The highest BCUT2D eigenvalue weighted by Crippen LogP contribution is 2.19. The third-order valence-electron chi connectivity index (χ3n) is 2.80. The van der Waals surface area contributed by atoms with Gasteiger partial charge in [0.05, 0.1) is 18.6 Å². The van der Waals surface area contributed by atoms with Crippen molar-refractivity contribution in [2.24, 2.45) is 5.16 Å². The van der Waals surface area contributed by atoms with Gasteiger partial charge in [-0.1, -0.05) is 17.3 Å². The van der Waals surface area contributed by atoms with Gasteiger partial charge in [0, 0.05) is 24.5 Å². The number of ether oxygens (including phenoxy) is 1. The van der Waals surface area contributed by atoms with E-state index in [0.29, 0.717) is 12.3 Å². The Morgan fingerprint density at radius 1 is 1.42 bits per heavy atom. The number of rotatable bonds is 6. The number of nitrogens with zero attached hydrogens (tertiary/aromatic N) is 3. The van der Waals surface area contributed by atoms with Gasteiger partial charge in [0.25, 0.3) is 0 Å². The lowest BCUT2D eigenvalue weighted by molar-refractivity contribution is 0.299. The predicted molar refractivity (Wildman–Crippen MR) is 72.8 cm³/mol. The van der Waals surface area contributed by atoms with Crippen LogP contribution in [0.2, 0.25) is 0 Å². The first kappa shape index (κ1) is 13.1. The molecule has 2 rings (SSSR count). The second-order valence-corrected chi connectivity index (χ2v) is 4.18. The number of benzene rings is 1. The molecule has 2 aromatic rings. The van der Waals surface area contributed by atoms with Gasteiger partial charge >= 0.3 is 0 Å². The molecule has 0 aliphatic heterocycles. The molecule has 0 radical (unpaired) electrons. The molecule has 1 N–H and O–H groups in total. The van der Waals surface area contributed by atoms with Gasteiger partial charge in [0.1, 0.15) is 5.75 Å². The number of aryl methyl sites for hydroxylation is 1. The summed E-state index contributed by atoms with van der Waals surface area (Å²) in [5.41, 5.74) is 1.36. The lowest BCUT2D eigenvalue weighted by atomic mass is 10.1. The summed E-state index contributed by atoms with van der Waals surface area (Å²) in [7, 11) is 0. The number of hydrogen-bond donors (Lipinski definition) is 1. The molecule has 0 saturated carbocycles. The number of aromatic nitrogens is 2. The van der Waals surface area contributed by atoms with Gasteiger partial charge in [-0.15, -0.1) is 0 Å². The maximum Gasteiger partial charge on any atom is 0.128 e. The zero-order valence-corrected chi connectivity index (χ0v) is 10.9. The Labute approximate surface area is 112 Å². The van der Waals surface area contributed by atoms with Crippen molar-refractivity contribution in [3.05, 3.63) is 48.5 Å². The number of hydrogen-bond acceptors (Lipinski definition) is 4. The molecule has 0 fully saturated rings. The Kier molecular flexibility index (Phi) is 4.55. The van der Waals surface area contributed by atoms with E-state index in [4.69, 9.17) is 9.94 Å². The van der Waals surface area contributed by atoms with E-state index in [9.17, 15) is 0 Å². The molecule has 1 aromatic carbocycles. The minimum Gasteiger partial charge on any atom is -0.493 e. The summed E-state index contributed by atoms with van der Waals surface area (Å²) < 4.78 is 7.74. The molecule has 5 nitrogen and oxygen atoms in total. The molecule has 0 bridgehead atoms. The third-order valence-corrected chi connectivity index (χ3v) is 2.80. The summed E-state index contributed by atoms with van der Waals surface area (Å²) in [5, 5.41) is 12.0. The average molecular weight is 259 g/mol. The van der Waals surface area contributed by atoms with Gasteiger partial charge in [-0.2, -0.15) is 0 Å². The Balaban J connectivity index is 1.89. The molecule has 0 aliphatic rings. The Morgan fingerprint density at radius 3 is 3.00 bits per heavy atom. The van der Waals surface area contributed by atoms with Crippen LogP contribution in [0.4, 0.5) is 0 Å². The van der Waals surface area contributed by atoms with Crippen molar-refractivity contribution in [3.63, 3.8) is 0 Å². The molecule has 1 aromatic heterocycles. The number of para-hydroxylation sites is 1. The van der Waals surface area contributed by atoms with Crippen LogP contribution in [0, 0.1) is 0 Å². The summed E-state index contributed by atoms with van der Waals surface area (Å²) in [6.45, 7) is 3.22. The molecule has 0 amide bonds. The van der Waals surface area contributed by atoms with E-state index in [1.165, 1.54) is 0 Å². The van der Waals surface area contributed by atoms with Crippen LogP contribution in [0.5, 0.6) is 5.75 Å². The SMILES string of the molecule is C/C(=N/O)c1ccccc1OCCCn1ccnc1. The molecule has 0 unspecified atom stereocenters. The second-order valence-electron chi connectivity index (χ2n) is 4.18. The largest absolute Gasteiger partial charge is 0.493 e. The Morgan fingerprint density at radius 2 is 2.26 bits per heavy atom. The average Bonchev–Trinajstić information content (AvgIpc) is 2.96. The van der Waals surface area contributed by atoms with E-state index in [1.54, 1.807) is 19.4 Å². The van der Waals surface area contributed by atoms with Crippen molar-refractivity contribution in [2.75, 3.05) is 6.61 Å². The lowest BCUT2D eigenvalue weighted by Gasteiger charge is -2.10. The van der Waals surface area contributed by atoms with Crippen molar-refractivity contribution >= 4 is 5.71 Å². The fraction of sp³-hybridized carbons (Fsp3) is 0.286. The highest BCUT2D eigenvalue weighted by molar-refractivity contribution is 6.00. The molecular formula is C14H17N3O2. The first-order valence-electron chi connectivity index (χ1n) is 6.18. The maximum atomic E-state index is 8.83. The minimum absolute atomic E-state index is 0.546. The smallest absolute Gasteiger partial charge is 0.128 e. The molecule has 19 heavy (non-hydrogen) atoms. The molecule has 0 atom stereocenters. The molecule has 0 saturated heterocycles. The van der Waals surface area contributed by atoms with Crippen molar-refractivity contribution in [1.82, 2.24) is 9.55 Å². The van der Waals surface area contributed by atoms with Crippen molar-refractivity contribution < 1.29 is 9.94 Å². The first-order chi connectivity index (χ1) is 9.31. The maximum absolute atomic E-state index is 8.83. The summed E-state index contributed by atoms with van der Waals surface area (Å²) in [4.78, 5) is 3.99. The van der Waals surface area contributed by atoms with Crippen molar-refractivity contribution in [3.8, 4) is 5.75 Å². The molecular weight excluding hydrogens is 242 g/mol. The third kappa shape index (κ3) is 3.58. The fourth-order valence-electron chi connectivity index (χ4n) is 1.79. The van der Waals surface area contributed by atoms with E-state index >= 15 is 0 Å². The standard InChI is InChI=1S/C14H17N3O2/c1-12(16-18)13-5-2-3-6-14(13)19-10-4-8-17-9-7-15-11-17/h2-3,5-7,9,11,18H,4,8,10H2,1H3/b16-12-. The summed E-state index contributed by atoms with van der Waals surface area (Å²) in [6, 6.07) is 7.54. The molecule has 0 aliphatic carbocycles. The molecule has 100 valence electrons. The highest BCUT2D eigenvalue weighted by atomic mass is 16.5. The Hall–Kier alpha value is -2.30. The number of oxime groups is 1. The van der Waals surface area contributed by atoms with Crippen LogP contribution in [0.3, 0.4) is 0 Å². The van der Waals surface area contributed by atoms with Crippen LogP contribution >= 0.6 is 0 Å². The van der Waals surface area contributed by atoms with E-state index in [1.807, 2.05) is 35.0 Å². The van der Waals surface area contributed by atoms with Crippen LogP contribution in [-0.2, 0) is 6.54 Å². The molecule has 0 spiro atoms. The summed E-state index contributed by atoms with van der Waals surface area (Å²) >= 11 is 0. The van der Waals surface area contributed by atoms with Crippen molar-refractivity contribution in [2.45, 2.75) is 19.9 Å². The normalized spacial score (nSPS) is 11.5. The van der Waals surface area contributed by atoms with Gasteiger partial charge in [-0.05, 0) is 25.5 Å². The summed E-state index contributed by atoms with van der Waals surface area (Å²) in [5.74, 6) is 0.739. The van der Waals surface area contributed by atoms with Gasteiger partial charge in [0.15, 0.2) is 0 Å².